The lowest BCUT2D eigenvalue weighted by Crippen LogP contribution is -2.43. The van der Waals surface area contributed by atoms with E-state index in [2.05, 4.69) is 50.2 Å². The first-order valence-electron chi connectivity index (χ1n) is 9.30. The highest BCUT2D eigenvalue weighted by Gasteiger charge is 2.16. The van der Waals surface area contributed by atoms with Gasteiger partial charge in [-0.3, -0.25) is 10.00 Å². The lowest BCUT2D eigenvalue weighted by Gasteiger charge is -2.32. The van der Waals surface area contributed by atoms with Crippen molar-refractivity contribution in [3.05, 3.63) is 42.0 Å². The zero-order valence-corrected chi connectivity index (χ0v) is 15.4. The van der Waals surface area contributed by atoms with E-state index in [1.807, 2.05) is 18.2 Å². The molecule has 0 atom stereocenters. The molecule has 0 saturated carbocycles. The zero-order chi connectivity index (χ0) is 18.4. The van der Waals surface area contributed by atoms with E-state index >= 15 is 0 Å². The van der Waals surface area contributed by atoms with Gasteiger partial charge in [0.05, 0.1) is 21.9 Å². The molecule has 2 aromatic carbocycles. The summed E-state index contributed by atoms with van der Waals surface area (Å²) in [6.07, 6.45) is 0. The van der Waals surface area contributed by atoms with Crippen LogP contribution in [-0.2, 0) is 6.54 Å². The van der Waals surface area contributed by atoms with Crippen LogP contribution in [0.5, 0.6) is 0 Å². The van der Waals surface area contributed by atoms with Crippen LogP contribution >= 0.6 is 0 Å². The smallest absolute Gasteiger partial charge is 0.159 e. The lowest BCUT2D eigenvalue weighted by molar-refractivity contribution is 0.148. The number of fused-ring (bicyclic) bond motifs is 2. The number of nitrogens with one attached hydrogen (secondary N) is 2. The number of imidazole rings is 1. The van der Waals surface area contributed by atoms with Gasteiger partial charge in [0, 0.05) is 38.4 Å². The Labute approximate surface area is 157 Å². The number of benzene rings is 2. The van der Waals surface area contributed by atoms with Crippen molar-refractivity contribution in [1.82, 2.24) is 30.0 Å². The molecule has 4 aromatic rings. The van der Waals surface area contributed by atoms with Gasteiger partial charge in [-0.2, -0.15) is 5.10 Å². The molecule has 0 bridgehead atoms. The molecule has 7 heteroatoms. The van der Waals surface area contributed by atoms with E-state index in [1.165, 1.54) is 5.56 Å². The molecule has 138 valence electrons. The monoisotopic (exact) mass is 361 g/mol. The highest BCUT2D eigenvalue weighted by atomic mass is 15.2. The molecule has 0 spiro atoms. The number of likely N-dealkylation sites (N-methyl/N-ethyl adjacent to an activating group) is 1. The molecular formula is C20H23N7. The number of hydrogen-bond donors (Lipinski definition) is 3. The second-order valence-corrected chi connectivity index (χ2v) is 7.36. The number of rotatable bonds is 3. The van der Waals surface area contributed by atoms with Crippen molar-refractivity contribution in [2.75, 3.05) is 39.0 Å². The SMILES string of the molecule is CN1CCN(Cc2ccc3nc(-c4n[nH]c5cccc(N)c45)[nH]c3c2)CC1. The molecule has 2 aromatic heterocycles. The van der Waals surface area contributed by atoms with Gasteiger partial charge >= 0.3 is 0 Å². The minimum Gasteiger partial charge on any atom is -0.398 e. The summed E-state index contributed by atoms with van der Waals surface area (Å²) >= 11 is 0. The number of nitrogen functional groups attached to an aromatic ring is 1. The van der Waals surface area contributed by atoms with E-state index in [0.717, 1.165) is 66.2 Å². The molecule has 5 rings (SSSR count). The second-order valence-electron chi connectivity index (χ2n) is 7.36. The van der Waals surface area contributed by atoms with E-state index in [1.54, 1.807) is 0 Å². The van der Waals surface area contributed by atoms with Crippen LogP contribution in [0.3, 0.4) is 0 Å². The van der Waals surface area contributed by atoms with Gasteiger partial charge in [0.25, 0.3) is 0 Å². The highest BCUT2D eigenvalue weighted by Crippen LogP contribution is 2.30. The molecular weight excluding hydrogens is 338 g/mol. The molecule has 0 amide bonds. The maximum atomic E-state index is 6.16. The number of piperazine rings is 1. The number of nitrogens with zero attached hydrogens (tertiary/aromatic N) is 4. The van der Waals surface area contributed by atoms with Crippen LogP contribution in [0.15, 0.2) is 36.4 Å². The minimum atomic E-state index is 0.701. The van der Waals surface area contributed by atoms with Crippen molar-refractivity contribution in [3.63, 3.8) is 0 Å². The van der Waals surface area contributed by atoms with Crippen molar-refractivity contribution < 1.29 is 0 Å². The molecule has 4 N–H and O–H groups in total. The lowest BCUT2D eigenvalue weighted by atomic mass is 10.1. The Morgan fingerprint density at radius 3 is 2.78 bits per heavy atom. The fourth-order valence-corrected chi connectivity index (χ4v) is 3.80. The first kappa shape index (κ1) is 16.3. The average Bonchev–Trinajstić information content (AvgIpc) is 3.28. The number of H-pyrrole nitrogens is 2. The highest BCUT2D eigenvalue weighted by molar-refractivity contribution is 6.00. The molecule has 7 nitrogen and oxygen atoms in total. The summed E-state index contributed by atoms with van der Waals surface area (Å²) in [5.74, 6) is 0.742. The Hall–Kier alpha value is -2.90. The van der Waals surface area contributed by atoms with Crippen molar-refractivity contribution in [2.45, 2.75) is 6.54 Å². The van der Waals surface area contributed by atoms with Crippen LogP contribution in [0.1, 0.15) is 5.56 Å². The Morgan fingerprint density at radius 1 is 1.07 bits per heavy atom. The number of nitrogens with two attached hydrogens (primary N) is 1. The first-order chi connectivity index (χ1) is 13.2. The molecule has 0 aliphatic carbocycles. The Morgan fingerprint density at radius 2 is 1.93 bits per heavy atom. The summed E-state index contributed by atoms with van der Waals surface area (Å²) in [7, 11) is 2.18. The van der Waals surface area contributed by atoms with Crippen LogP contribution in [0.4, 0.5) is 5.69 Å². The van der Waals surface area contributed by atoms with E-state index in [0.29, 0.717) is 5.69 Å². The predicted molar refractivity (Wildman–Crippen MR) is 108 cm³/mol. The van der Waals surface area contributed by atoms with Gasteiger partial charge in [-0.25, -0.2) is 4.98 Å². The van der Waals surface area contributed by atoms with Crippen LogP contribution in [0.2, 0.25) is 0 Å². The molecule has 27 heavy (non-hydrogen) atoms. The quantitative estimate of drug-likeness (QED) is 0.488. The van der Waals surface area contributed by atoms with Gasteiger partial charge in [-0.05, 0) is 36.9 Å². The topological polar surface area (TPSA) is 89.9 Å². The summed E-state index contributed by atoms with van der Waals surface area (Å²) in [6.45, 7) is 5.45. The normalized spacial score (nSPS) is 16.5. The summed E-state index contributed by atoms with van der Waals surface area (Å²) in [5.41, 5.74) is 11.8. The maximum Gasteiger partial charge on any atom is 0.159 e. The maximum absolute atomic E-state index is 6.16. The van der Waals surface area contributed by atoms with E-state index < -0.39 is 0 Å². The molecule has 1 aliphatic rings. The molecule has 0 unspecified atom stereocenters. The number of aromatic amines is 2. The molecule has 1 saturated heterocycles. The Balaban J connectivity index is 1.47. The summed E-state index contributed by atoms with van der Waals surface area (Å²) in [6, 6.07) is 12.2. The van der Waals surface area contributed by atoms with Crippen LogP contribution in [0.25, 0.3) is 33.5 Å². The summed E-state index contributed by atoms with van der Waals surface area (Å²) < 4.78 is 0. The molecule has 1 fully saturated rings. The van der Waals surface area contributed by atoms with Gasteiger partial charge in [0.15, 0.2) is 5.82 Å². The number of aromatic nitrogens is 4. The van der Waals surface area contributed by atoms with Crippen LogP contribution < -0.4 is 5.73 Å². The van der Waals surface area contributed by atoms with Crippen molar-refractivity contribution in [1.29, 1.82) is 0 Å². The second kappa shape index (κ2) is 6.37. The van der Waals surface area contributed by atoms with Crippen LogP contribution in [-0.4, -0.2) is 63.2 Å². The third-order valence-corrected chi connectivity index (χ3v) is 5.39. The fourth-order valence-electron chi connectivity index (χ4n) is 3.80. The van der Waals surface area contributed by atoms with E-state index in [-0.39, 0.29) is 0 Å². The summed E-state index contributed by atoms with van der Waals surface area (Å²) in [4.78, 5) is 13.0. The van der Waals surface area contributed by atoms with Gasteiger partial charge < -0.3 is 15.6 Å². The van der Waals surface area contributed by atoms with E-state index in [4.69, 9.17) is 10.7 Å². The first-order valence-corrected chi connectivity index (χ1v) is 9.30. The zero-order valence-electron chi connectivity index (χ0n) is 15.4. The average molecular weight is 361 g/mol. The molecule has 1 aliphatic heterocycles. The minimum absolute atomic E-state index is 0.701. The third kappa shape index (κ3) is 2.94. The Kier molecular flexibility index (Phi) is 3.84. The van der Waals surface area contributed by atoms with Gasteiger partial charge in [-0.15, -0.1) is 0 Å². The summed E-state index contributed by atoms with van der Waals surface area (Å²) in [5, 5.41) is 8.38. The number of hydrogen-bond acceptors (Lipinski definition) is 5. The Bertz CT molecular complexity index is 1100. The van der Waals surface area contributed by atoms with Crippen molar-refractivity contribution in [2.24, 2.45) is 0 Å². The third-order valence-electron chi connectivity index (χ3n) is 5.39. The number of anilines is 1. The standard InChI is InChI=1S/C20H23N7/c1-26-7-9-27(10-8-26)12-13-5-6-15-17(11-13)23-20(22-15)19-18-14(21)3-2-4-16(18)24-25-19/h2-6,11H,7-10,12,21H2,1H3,(H,22,23)(H,24,25). The van der Waals surface area contributed by atoms with Crippen LogP contribution in [0, 0.1) is 0 Å². The van der Waals surface area contributed by atoms with Crippen molar-refractivity contribution >= 4 is 27.6 Å². The largest absolute Gasteiger partial charge is 0.398 e. The van der Waals surface area contributed by atoms with Gasteiger partial charge in [0.1, 0.15) is 5.69 Å². The molecule has 0 radical (unpaired) electrons. The fraction of sp³-hybridized carbons (Fsp3) is 0.300. The van der Waals surface area contributed by atoms with Crippen molar-refractivity contribution in [3.8, 4) is 11.5 Å². The van der Waals surface area contributed by atoms with Gasteiger partial charge in [-0.1, -0.05) is 12.1 Å². The van der Waals surface area contributed by atoms with E-state index in [9.17, 15) is 0 Å². The van der Waals surface area contributed by atoms with Gasteiger partial charge in [0.2, 0.25) is 0 Å². The predicted octanol–water partition coefficient (Wildman–Crippen LogP) is 2.44. The molecule has 3 heterocycles.